The van der Waals surface area contributed by atoms with Gasteiger partial charge in [-0.3, -0.25) is 4.79 Å². The summed E-state index contributed by atoms with van der Waals surface area (Å²) in [6, 6.07) is -0.420. The summed E-state index contributed by atoms with van der Waals surface area (Å²) in [5.41, 5.74) is 0. The van der Waals surface area contributed by atoms with Gasteiger partial charge in [-0.1, -0.05) is 20.8 Å². The van der Waals surface area contributed by atoms with Crippen molar-refractivity contribution in [1.29, 1.82) is 0 Å². The number of rotatable bonds is 3. The van der Waals surface area contributed by atoms with Crippen molar-refractivity contribution in [1.82, 2.24) is 5.06 Å². The molecule has 0 aliphatic carbocycles. The fourth-order valence-electron chi connectivity index (χ4n) is 1.29. The molecule has 1 fully saturated rings. The van der Waals surface area contributed by atoms with Crippen molar-refractivity contribution in [3.8, 4) is 0 Å². The number of hydroxylamine groups is 2. The Bertz CT molecular complexity index is 161. The van der Waals surface area contributed by atoms with E-state index in [0.717, 1.165) is 17.9 Å². The summed E-state index contributed by atoms with van der Waals surface area (Å²) >= 11 is 0. The Hall–Kier alpha value is -0.610. The number of hydrogen-bond acceptors (Lipinski definition) is 4. The highest BCUT2D eigenvalue weighted by Crippen LogP contribution is 2.15. The summed E-state index contributed by atoms with van der Waals surface area (Å²) in [7, 11) is 0. The van der Waals surface area contributed by atoms with Crippen molar-refractivity contribution in [2.45, 2.75) is 46.1 Å². The van der Waals surface area contributed by atoms with Gasteiger partial charge in [-0.05, 0) is 19.3 Å². The molecule has 0 bridgehead atoms. The molecule has 0 amide bonds. The number of hydrogen-bond donors (Lipinski definition) is 1. The Labute approximate surface area is 85.8 Å². The van der Waals surface area contributed by atoms with Crippen molar-refractivity contribution < 1.29 is 14.7 Å². The lowest BCUT2D eigenvalue weighted by atomic mass is 10.2. The maximum Gasteiger partial charge on any atom is 0.325 e. The molecule has 0 saturated carbocycles. The predicted molar refractivity (Wildman–Crippen MR) is 54.1 cm³/mol. The second-order valence-corrected chi connectivity index (χ2v) is 2.99. The molecule has 1 aliphatic heterocycles. The standard InChI is InChI=1S/C8H15NO3.C2H6/c1-2-6-12-8(10)7-4-3-5-9(7)11;1-2/h7,11H,2-6H2,1H3;1-2H3/t7-;/m0./s1. The maximum absolute atomic E-state index is 11.2. The van der Waals surface area contributed by atoms with E-state index in [9.17, 15) is 10.0 Å². The Kier molecular flexibility index (Phi) is 7.42. The van der Waals surface area contributed by atoms with Gasteiger partial charge in [0, 0.05) is 6.54 Å². The van der Waals surface area contributed by atoms with Gasteiger partial charge in [-0.15, -0.1) is 0 Å². The first-order valence-electron chi connectivity index (χ1n) is 5.38. The highest BCUT2D eigenvalue weighted by Gasteiger charge is 2.30. The zero-order valence-electron chi connectivity index (χ0n) is 9.32. The molecular formula is C10H21NO3. The van der Waals surface area contributed by atoms with E-state index >= 15 is 0 Å². The topological polar surface area (TPSA) is 49.8 Å². The largest absolute Gasteiger partial charge is 0.464 e. The van der Waals surface area contributed by atoms with E-state index in [0.29, 0.717) is 19.6 Å². The normalized spacial score (nSPS) is 21.3. The van der Waals surface area contributed by atoms with Crippen LogP contribution in [0, 0.1) is 0 Å². The van der Waals surface area contributed by atoms with Crippen LogP contribution < -0.4 is 0 Å². The van der Waals surface area contributed by atoms with Crippen LogP contribution in [-0.4, -0.2) is 35.4 Å². The van der Waals surface area contributed by atoms with Crippen LogP contribution in [-0.2, 0) is 9.53 Å². The molecule has 84 valence electrons. The van der Waals surface area contributed by atoms with E-state index in [1.807, 2.05) is 20.8 Å². The van der Waals surface area contributed by atoms with E-state index in [2.05, 4.69) is 0 Å². The van der Waals surface area contributed by atoms with Gasteiger partial charge in [0.05, 0.1) is 6.61 Å². The van der Waals surface area contributed by atoms with Gasteiger partial charge in [0.1, 0.15) is 6.04 Å². The summed E-state index contributed by atoms with van der Waals surface area (Å²) in [5, 5.41) is 10.3. The third-order valence-corrected chi connectivity index (χ3v) is 1.95. The van der Waals surface area contributed by atoms with Crippen LogP contribution in [0.15, 0.2) is 0 Å². The predicted octanol–water partition coefficient (Wildman–Crippen LogP) is 1.82. The van der Waals surface area contributed by atoms with Gasteiger partial charge in [-0.25, -0.2) is 0 Å². The van der Waals surface area contributed by atoms with Crippen LogP contribution >= 0.6 is 0 Å². The molecule has 0 aromatic rings. The van der Waals surface area contributed by atoms with E-state index in [4.69, 9.17) is 4.74 Å². The molecule has 0 aromatic heterocycles. The SMILES string of the molecule is CC.CCCOC(=O)[C@@H]1CCCN1O. The zero-order chi connectivity index (χ0) is 11.0. The van der Waals surface area contributed by atoms with Crippen LogP contribution in [0.2, 0.25) is 0 Å². The minimum Gasteiger partial charge on any atom is -0.464 e. The average molecular weight is 203 g/mol. The van der Waals surface area contributed by atoms with Crippen molar-refractivity contribution in [2.75, 3.05) is 13.2 Å². The third kappa shape index (κ3) is 4.07. The number of esters is 1. The summed E-state index contributed by atoms with van der Waals surface area (Å²) < 4.78 is 4.90. The molecule has 1 heterocycles. The van der Waals surface area contributed by atoms with Gasteiger partial charge in [0.2, 0.25) is 0 Å². The molecule has 1 aliphatic rings. The second-order valence-electron chi connectivity index (χ2n) is 2.99. The molecular weight excluding hydrogens is 182 g/mol. The van der Waals surface area contributed by atoms with Gasteiger partial charge >= 0.3 is 5.97 Å². The van der Waals surface area contributed by atoms with Gasteiger partial charge in [-0.2, -0.15) is 5.06 Å². The van der Waals surface area contributed by atoms with Gasteiger partial charge < -0.3 is 9.94 Å². The molecule has 1 rings (SSSR count). The minimum absolute atomic E-state index is 0.295. The summed E-state index contributed by atoms with van der Waals surface area (Å²) in [4.78, 5) is 11.2. The monoisotopic (exact) mass is 203 g/mol. The Morgan fingerprint density at radius 2 is 2.21 bits per heavy atom. The minimum atomic E-state index is -0.420. The molecule has 4 nitrogen and oxygen atoms in total. The van der Waals surface area contributed by atoms with Crippen molar-refractivity contribution in [3.05, 3.63) is 0 Å². The van der Waals surface area contributed by atoms with Crippen molar-refractivity contribution in [3.63, 3.8) is 0 Å². The van der Waals surface area contributed by atoms with Crippen LogP contribution in [0.3, 0.4) is 0 Å². The highest BCUT2D eigenvalue weighted by atomic mass is 16.6. The Morgan fingerprint density at radius 1 is 1.57 bits per heavy atom. The van der Waals surface area contributed by atoms with E-state index in [-0.39, 0.29) is 5.97 Å². The van der Waals surface area contributed by atoms with Crippen LogP contribution in [0.5, 0.6) is 0 Å². The second kappa shape index (κ2) is 7.76. The fourth-order valence-corrected chi connectivity index (χ4v) is 1.29. The molecule has 0 radical (unpaired) electrons. The lowest BCUT2D eigenvalue weighted by molar-refractivity contribution is -0.167. The molecule has 1 saturated heterocycles. The first kappa shape index (κ1) is 13.4. The molecule has 4 heteroatoms. The lowest BCUT2D eigenvalue weighted by Crippen LogP contribution is -2.34. The molecule has 0 spiro atoms. The van der Waals surface area contributed by atoms with Gasteiger partial charge in [0.25, 0.3) is 0 Å². The maximum atomic E-state index is 11.2. The molecule has 0 unspecified atom stereocenters. The first-order valence-corrected chi connectivity index (χ1v) is 5.38. The van der Waals surface area contributed by atoms with Crippen LogP contribution in [0.4, 0.5) is 0 Å². The first-order chi connectivity index (χ1) is 6.75. The van der Waals surface area contributed by atoms with Gasteiger partial charge in [0.15, 0.2) is 0 Å². The number of ether oxygens (including phenoxy) is 1. The van der Waals surface area contributed by atoms with E-state index < -0.39 is 6.04 Å². The Morgan fingerprint density at radius 3 is 2.64 bits per heavy atom. The van der Waals surface area contributed by atoms with E-state index in [1.54, 1.807) is 0 Å². The smallest absolute Gasteiger partial charge is 0.325 e. The summed E-state index contributed by atoms with van der Waals surface area (Å²) in [6.45, 7) is 6.97. The molecule has 0 aromatic carbocycles. The molecule has 14 heavy (non-hydrogen) atoms. The third-order valence-electron chi connectivity index (χ3n) is 1.95. The van der Waals surface area contributed by atoms with Crippen molar-refractivity contribution in [2.24, 2.45) is 0 Å². The average Bonchev–Trinajstić information content (AvgIpc) is 2.64. The van der Waals surface area contributed by atoms with Crippen molar-refractivity contribution >= 4 is 5.97 Å². The lowest BCUT2D eigenvalue weighted by Gasteiger charge is -2.15. The Balaban J connectivity index is 0.000000791. The molecule has 1 atom stereocenters. The molecule has 1 N–H and O–H groups in total. The number of nitrogens with zero attached hydrogens (tertiary/aromatic N) is 1. The quantitative estimate of drug-likeness (QED) is 0.711. The number of carbonyl (C=O) groups excluding carboxylic acids is 1. The fraction of sp³-hybridized carbons (Fsp3) is 0.900. The van der Waals surface area contributed by atoms with Crippen LogP contribution in [0.1, 0.15) is 40.0 Å². The summed E-state index contributed by atoms with van der Waals surface area (Å²) in [6.07, 6.45) is 2.39. The van der Waals surface area contributed by atoms with Crippen LogP contribution in [0.25, 0.3) is 0 Å². The zero-order valence-corrected chi connectivity index (χ0v) is 9.32. The highest BCUT2D eigenvalue weighted by molar-refractivity contribution is 5.75. The van der Waals surface area contributed by atoms with E-state index in [1.165, 1.54) is 0 Å². The number of carbonyl (C=O) groups is 1. The summed E-state index contributed by atoms with van der Waals surface area (Å²) in [5.74, 6) is -0.295.